The third-order valence-corrected chi connectivity index (χ3v) is 4.62. The lowest BCUT2D eigenvalue weighted by molar-refractivity contribution is -0.117. The molecule has 0 unspecified atom stereocenters. The number of nitrogens with zero attached hydrogens (tertiary/aromatic N) is 4. The van der Waals surface area contributed by atoms with E-state index in [9.17, 15) is 13.6 Å². The number of Topliss-reactive ketones (excluding diaryl/α,β-unsaturated/α-hetero) is 1. The molecule has 11 heteroatoms. The Morgan fingerprint density at radius 1 is 1.21 bits per heavy atom. The molecule has 7 nitrogen and oxygen atoms in total. The molecule has 0 aliphatic carbocycles. The Labute approximate surface area is 174 Å². The standard InChI is InChI=1S/C18H16Cl2F2N4O3/c1-9(28-2)16-11(8-23-15-6-14(20)25-26(15)16)5-12(27)3-10-4-13(19)17(24-7-10)29-18(21)22/h4,6-9,18H,3,5H2,1-2H3/t9-/m0/s1. The Hall–Kier alpha value is -2.36. The van der Waals surface area contributed by atoms with E-state index in [4.69, 9.17) is 27.9 Å². The minimum atomic E-state index is -3.04. The summed E-state index contributed by atoms with van der Waals surface area (Å²) in [4.78, 5) is 20.6. The summed E-state index contributed by atoms with van der Waals surface area (Å²) in [5.74, 6) is -0.548. The maximum Gasteiger partial charge on any atom is 0.388 e. The fourth-order valence-corrected chi connectivity index (χ4v) is 3.28. The van der Waals surface area contributed by atoms with Crippen LogP contribution in [0.15, 0.2) is 24.5 Å². The Kier molecular flexibility index (Phi) is 6.61. The number of hydrogen-bond donors (Lipinski definition) is 0. The summed E-state index contributed by atoms with van der Waals surface area (Å²) in [6, 6.07) is 2.98. The molecule has 3 aromatic heterocycles. The summed E-state index contributed by atoms with van der Waals surface area (Å²) >= 11 is 11.9. The van der Waals surface area contributed by atoms with E-state index in [0.29, 0.717) is 22.5 Å². The van der Waals surface area contributed by atoms with E-state index in [-0.39, 0.29) is 40.8 Å². The van der Waals surface area contributed by atoms with E-state index in [1.54, 1.807) is 23.9 Å². The Morgan fingerprint density at radius 2 is 1.97 bits per heavy atom. The zero-order valence-electron chi connectivity index (χ0n) is 15.4. The van der Waals surface area contributed by atoms with Gasteiger partial charge in [-0.3, -0.25) is 4.79 Å². The Morgan fingerprint density at radius 3 is 2.62 bits per heavy atom. The Bertz CT molecular complexity index is 1050. The van der Waals surface area contributed by atoms with Crippen LogP contribution in [0.4, 0.5) is 8.78 Å². The van der Waals surface area contributed by atoms with Crippen molar-refractivity contribution < 1.29 is 23.0 Å². The topological polar surface area (TPSA) is 78.6 Å². The van der Waals surface area contributed by atoms with E-state index in [2.05, 4.69) is 19.8 Å². The maximum atomic E-state index is 12.6. The summed E-state index contributed by atoms with van der Waals surface area (Å²) in [6.07, 6.45) is 2.55. The molecule has 0 aromatic carbocycles. The number of carbonyl (C=O) groups excluding carboxylic acids is 1. The highest BCUT2D eigenvalue weighted by Crippen LogP contribution is 2.26. The molecular weight excluding hydrogens is 429 g/mol. The lowest BCUT2D eigenvalue weighted by Gasteiger charge is -2.16. The molecular formula is C18H16Cl2F2N4O3. The second-order valence-electron chi connectivity index (χ2n) is 6.18. The van der Waals surface area contributed by atoms with E-state index in [0.717, 1.165) is 0 Å². The lowest BCUT2D eigenvalue weighted by atomic mass is 10.0. The molecule has 3 aromatic rings. The van der Waals surface area contributed by atoms with Crippen molar-refractivity contribution >= 4 is 34.6 Å². The summed E-state index contributed by atoms with van der Waals surface area (Å²) < 4.78 is 35.7. The summed E-state index contributed by atoms with van der Waals surface area (Å²) in [5, 5.41) is 4.38. The zero-order valence-corrected chi connectivity index (χ0v) is 16.9. The van der Waals surface area contributed by atoms with Crippen molar-refractivity contribution in [1.82, 2.24) is 19.6 Å². The molecule has 1 atom stereocenters. The molecule has 0 saturated heterocycles. The van der Waals surface area contributed by atoms with Gasteiger partial charge in [-0.1, -0.05) is 23.2 Å². The number of halogens is 4. The van der Waals surface area contributed by atoms with Crippen molar-refractivity contribution in [1.29, 1.82) is 0 Å². The monoisotopic (exact) mass is 444 g/mol. The third-order valence-electron chi connectivity index (χ3n) is 4.16. The summed E-state index contributed by atoms with van der Waals surface area (Å²) in [7, 11) is 1.55. The molecule has 3 rings (SSSR count). The van der Waals surface area contributed by atoms with Gasteiger partial charge in [0.1, 0.15) is 10.8 Å². The number of ether oxygens (including phenoxy) is 2. The van der Waals surface area contributed by atoms with Gasteiger partial charge in [-0.15, -0.1) is 0 Å². The molecule has 0 aliphatic heterocycles. The van der Waals surface area contributed by atoms with Crippen molar-refractivity contribution in [2.24, 2.45) is 0 Å². The highest BCUT2D eigenvalue weighted by atomic mass is 35.5. The molecule has 0 N–H and O–H groups in total. The first-order valence-electron chi connectivity index (χ1n) is 8.45. The molecule has 0 amide bonds. The van der Waals surface area contributed by atoms with Crippen LogP contribution in [0.2, 0.25) is 10.2 Å². The largest absolute Gasteiger partial charge is 0.415 e. The molecule has 0 aliphatic rings. The minimum absolute atomic E-state index is 0.000379. The van der Waals surface area contributed by atoms with Crippen LogP contribution in [-0.2, 0) is 22.4 Å². The molecule has 3 heterocycles. The van der Waals surface area contributed by atoms with Gasteiger partial charge in [0, 0.05) is 44.0 Å². The average Bonchev–Trinajstić information content (AvgIpc) is 3.03. The SMILES string of the molecule is CO[C@@H](C)c1c(CC(=O)Cc2cnc(OC(F)F)c(Cl)c2)cnc2cc(Cl)nn12. The van der Waals surface area contributed by atoms with Crippen LogP contribution in [-0.4, -0.2) is 39.1 Å². The van der Waals surface area contributed by atoms with Crippen LogP contribution >= 0.6 is 23.2 Å². The number of aromatic nitrogens is 4. The number of alkyl halides is 2. The van der Waals surface area contributed by atoms with Crippen LogP contribution in [0.25, 0.3) is 5.65 Å². The number of ketones is 1. The first-order chi connectivity index (χ1) is 13.8. The van der Waals surface area contributed by atoms with Crippen LogP contribution in [0.5, 0.6) is 5.88 Å². The average molecular weight is 445 g/mol. The Balaban J connectivity index is 1.82. The van der Waals surface area contributed by atoms with Crippen molar-refractivity contribution in [3.05, 3.63) is 51.5 Å². The van der Waals surface area contributed by atoms with E-state index in [1.807, 2.05) is 6.92 Å². The normalized spacial score (nSPS) is 12.5. The maximum absolute atomic E-state index is 12.6. The van der Waals surface area contributed by atoms with Crippen molar-refractivity contribution in [3.63, 3.8) is 0 Å². The van der Waals surface area contributed by atoms with Gasteiger partial charge in [0.15, 0.2) is 10.8 Å². The fourth-order valence-electron chi connectivity index (χ4n) is 2.88. The third kappa shape index (κ3) is 4.98. The number of methoxy groups -OCH3 is 1. The number of rotatable bonds is 8. The smallest absolute Gasteiger partial charge is 0.388 e. The van der Waals surface area contributed by atoms with Crippen LogP contribution in [0.3, 0.4) is 0 Å². The summed E-state index contributed by atoms with van der Waals surface area (Å²) in [6.45, 7) is -1.21. The molecule has 0 fully saturated rings. The zero-order chi connectivity index (χ0) is 21.1. The fraction of sp³-hybridized carbons (Fsp3) is 0.333. The molecule has 0 radical (unpaired) electrons. The van der Waals surface area contributed by atoms with Gasteiger partial charge in [0.2, 0.25) is 5.88 Å². The van der Waals surface area contributed by atoms with E-state index >= 15 is 0 Å². The second-order valence-corrected chi connectivity index (χ2v) is 6.98. The van der Waals surface area contributed by atoms with Crippen molar-refractivity contribution in [2.75, 3.05) is 7.11 Å². The lowest BCUT2D eigenvalue weighted by Crippen LogP contribution is -2.15. The van der Waals surface area contributed by atoms with Gasteiger partial charge in [0.25, 0.3) is 0 Å². The van der Waals surface area contributed by atoms with Crippen LogP contribution in [0, 0.1) is 0 Å². The molecule has 0 saturated carbocycles. The molecule has 0 bridgehead atoms. The van der Waals surface area contributed by atoms with Crippen molar-refractivity contribution in [2.45, 2.75) is 32.5 Å². The van der Waals surface area contributed by atoms with E-state index in [1.165, 1.54) is 12.3 Å². The highest BCUT2D eigenvalue weighted by molar-refractivity contribution is 6.31. The second kappa shape index (κ2) is 8.98. The molecule has 0 spiro atoms. The first-order valence-corrected chi connectivity index (χ1v) is 9.20. The highest BCUT2D eigenvalue weighted by Gasteiger charge is 2.20. The number of hydrogen-bond acceptors (Lipinski definition) is 6. The van der Waals surface area contributed by atoms with Gasteiger partial charge < -0.3 is 9.47 Å². The number of fused-ring (bicyclic) bond motifs is 1. The van der Waals surface area contributed by atoms with Gasteiger partial charge in [-0.25, -0.2) is 14.5 Å². The van der Waals surface area contributed by atoms with Gasteiger partial charge in [0.05, 0.1) is 11.8 Å². The number of carbonyl (C=O) groups is 1. The quantitative estimate of drug-likeness (QED) is 0.520. The van der Waals surface area contributed by atoms with Gasteiger partial charge >= 0.3 is 6.61 Å². The molecule has 29 heavy (non-hydrogen) atoms. The number of pyridine rings is 1. The van der Waals surface area contributed by atoms with Crippen molar-refractivity contribution in [3.8, 4) is 5.88 Å². The molecule has 154 valence electrons. The van der Waals surface area contributed by atoms with Gasteiger partial charge in [-0.2, -0.15) is 13.9 Å². The van der Waals surface area contributed by atoms with Gasteiger partial charge in [-0.05, 0) is 18.6 Å². The first kappa shape index (κ1) is 21.4. The predicted molar refractivity (Wildman–Crippen MR) is 102 cm³/mol. The minimum Gasteiger partial charge on any atom is -0.415 e. The van der Waals surface area contributed by atoms with Crippen LogP contribution < -0.4 is 4.74 Å². The van der Waals surface area contributed by atoms with E-state index < -0.39 is 6.61 Å². The van der Waals surface area contributed by atoms with Crippen LogP contribution in [0.1, 0.15) is 29.8 Å². The predicted octanol–water partition coefficient (Wildman–Crippen LogP) is 4.09. The summed E-state index contributed by atoms with van der Waals surface area (Å²) in [5.41, 5.74) is 2.30.